The third kappa shape index (κ3) is 3.98. The minimum Gasteiger partial charge on any atom is -0.261 e. The van der Waals surface area contributed by atoms with E-state index in [-0.39, 0.29) is 0 Å². The molecule has 0 amide bonds. The summed E-state index contributed by atoms with van der Waals surface area (Å²) in [7, 11) is 0. The second-order valence-electron chi connectivity index (χ2n) is 9.18. The van der Waals surface area contributed by atoms with Crippen molar-refractivity contribution in [3.63, 3.8) is 0 Å². The van der Waals surface area contributed by atoms with E-state index in [0.29, 0.717) is 0 Å². The minimum absolute atomic E-state index is 0.744. The van der Waals surface area contributed by atoms with E-state index in [0.717, 1.165) is 44.5 Å². The summed E-state index contributed by atoms with van der Waals surface area (Å²) in [5.74, 6) is 0. The number of hydrogen-bond acceptors (Lipinski definition) is 4. The predicted octanol–water partition coefficient (Wildman–Crippen LogP) is 8.24. The van der Waals surface area contributed by atoms with Gasteiger partial charge in [-0.05, 0) is 34.4 Å². The maximum absolute atomic E-state index is 5.08. The lowest BCUT2D eigenvalue weighted by Gasteiger charge is -2.11. The summed E-state index contributed by atoms with van der Waals surface area (Å²) in [6, 6.07) is 40.1. The van der Waals surface area contributed by atoms with Gasteiger partial charge in [-0.15, -0.1) is 0 Å². The molecule has 7 rings (SSSR count). The highest BCUT2D eigenvalue weighted by molar-refractivity contribution is 6.04. The van der Waals surface area contributed by atoms with Crippen LogP contribution in [0.3, 0.4) is 0 Å². The molecule has 0 unspecified atom stereocenters. The first kappa shape index (κ1) is 22.0. The Bertz CT molecular complexity index is 1900. The first-order chi connectivity index (χ1) is 18.8. The van der Waals surface area contributed by atoms with E-state index in [1.807, 2.05) is 12.1 Å². The van der Waals surface area contributed by atoms with Gasteiger partial charge < -0.3 is 0 Å². The second kappa shape index (κ2) is 9.34. The highest BCUT2D eigenvalue weighted by atomic mass is 14.8. The SMILES string of the molecule is c1ccc(-c2ccccc2-c2ccc(-c3ccc4ccc5ccc(-c6cnccn6)nc5c4n3)cc2)cc1. The standard InChI is InChI=1S/C34H22N4/c1-2-6-23(7-3-1)28-8-4-5-9-29(28)24-10-12-25(13-11-24)30-18-16-26-14-15-27-17-19-31(32-22-35-20-21-36-32)38-34(27)33(26)37-30/h1-22H. The Balaban J connectivity index is 1.30. The van der Waals surface area contributed by atoms with Gasteiger partial charge in [-0.3, -0.25) is 9.97 Å². The fourth-order valence-corrected chi connectivity index (χ4v) is 4.93. The maximum Gasteiger partial charge on any atom is 0.107 e. The van der Waals surface area contributed by atoms with Crippen LogP contribution in [0.5, 0.6) is 0 Å². The molecular weight excluding hydrogens is 464 g/mol. The Morgan fingerprint density at radius 2 is 0.947 bits per heavy atom. The summed E-state index contributed by atoms with van der Waals surface area (Å²) >= 11 is 0. The Morgan fingerprint density at radius 1 is 0.395 bits per heavy atom. The van der Waals surface area contributed by atoms with Gasteiger partial charge in [0.15, 0.2) is 0 Å². The Labute approximate surface area is 220 Å². The molecule has 0 N–H and O–H groups in total. The Hall–Kier alpha value is -5.22. The van der Waals surface area contributed by atoms with E-state index in [1.54, 1.807) is 18.6 Å². The van der Waals surface area contributed by atoms with E-state index in [9.17, 15) is 0 Å². The molecule has 4 nitrogen and oxygen atoms in total. The van der Waals surface area contributed by atoms with Crippen LogP contribution in [0, 0.1) is 0 Å². The highest BCUT2D eigenvalue weighted by Gasteiger charge is 2.11. The quantitative estimate of drug-likeness (QED) is 0.235. The number of benzene rings is 4. The number of aromatic nitrogens is 4. The lowest BCUT2D eigenvalue weighted by atomic mass is 9.94. The molecule has 3 aromatic heterocycles. The van der Waals surface area contributed by atoms with Crippen molar-refractivity contribution in [1.82, 2.24) is 19.9 Å². The van der Waals surface area contributed by atoms with Crippen molar-refractivity contribution in [2.75, 3.05) is 0 Å². The van der Waals surface area contributed by atoms with Crippen LogP contribution >= 0.6 is 0 Å². The van der Waals surface area contributed by atoms with Crippen LogP contribution in [0.4, 0.5) is 0 Å². The van der Waals surface area contributed by atoms with E-state index >= 15 is 0 Å². The zero-order chi connectivity index (χ0) is 25.3. The molecule has 0 atom stereocenters. The first-order valence-electron chi connectivity index (χ1n) is 12.6. The van der Waals surface area contributed by atoms with Gasteiger partial charge in [-0.1, -0.05) is 103 Å². The van der Waals surface area contributed by atoms with Gasteiger partial charge in [-0.25, -0.2) is 9.97 Å². The normalized spacial score (nSPS) is 11.2. The zero-order valence-electron chi connectivity index (χ0n) is 20.5. The fraction of sp³-hybridized carbons (Fsp3) is 0. The molecule has 4 aromatic carbocycles. The van der Waals surface area contributed by atoms with Crippen molar-refractivity contribution >= 4 is 21.8 Å². The average molecular weight is 487 g/mol. The summed E-state index contributed by atoms with van der Waals surface area (Å²) in [6.45, 7) is 0. The number of fused-ring (bicyclic) bond motifs is 3. The van der Waals surface area contributed by atoms with Gasteiger partial charge in [0.25, 0.3) is 0 Å². The summed E-state index contributed by atoms with van der Waals surface area (Å²) in [5.41, 5.74) is 10.1. The highest BCUT2D eigenvalue weighted by Crippen LogP contribution is 2.34. The van der Waals surface area contributed by atoms with Gasteiger partial charge in [0.05, 0.1) is 28.6 Å². The molecule has 0 fully saturated rings. The minimum atomic E-state index is 0.744. The monoisotopic (exact) mass is 486 g/mol. The lowest BCUT2D eigenvalue weighted by Crippen LogP contribution is -1.92. The molecule has 0 bridgehead atoms. The largest absolute Gasteiger partial charge is 0.261 e. The Kier molecular flexibility index (Phi) is 5.41. The molecule has 3 heterocycles. The summed E-state index contributed by atoms with van der Waals surface area (Å²) < 4.78 is 0. The topological polar surface area (TPSA) is 51.6 Å². The van der Waals surface area contributed by atoms with Gasteiger partial charge in [0.1, 0.15) is 5.69 Å². The van der Waals surface area contributed by atoms with E-state index in [1.165, 1.54) is 22.3 Å². The van der Waals surface area contributed by atoms with Crippen LogP contribution in [0.15, 0.2) is 134 Å². The van der Waals surface area contributed by atoms with Gasteiger partial charge in [0, 0.05) is 28.7 Å². The van der Waals surface area contributed by atoms with Gasteiger partial charge in [-0.2, -0.15) is 0 Å². The molecule has 178 valence electrons. The van der Waals surface area contributed by atoms with Crippen LogP contribution in [0.1, 0.15) is 0 Å². The molecule has 0 aliphatic rings. The third-order valence-electron chi connectivity index (χ3n) is 6.85. The number of rotatable bonds is 4. The van der Waals surface area contributed by atoms with Crippen molar-refractivity contribution in [3.8, 4) is 44.9 Å². The molecule has 0 radical (unpaired) electrons. The molecular formula is C34H22N4. The molecule has 0 aliphatic carbocycles. The summed E-state index contributed by atoms with van der Waals surface area (Å²) in [5, 5.41) is 2.10. The Morgan fingerprint density at radius 3 is 1.61 bits per heavy atom. The first-order valence-corrected chi connectivity index (χ1v) is 12.6. The summed E-state index contributed by atoms with van der Waals surface area (Å²) in [6.07, 6.45) is 5.08. The van der Waals surface area contributed by atoms with Crippen LogP contribution < -0.4 is 0 Å². The van der Waals surface area contributed by atoms with E-state index in [4.69, 9.17) is 9.97 Å². The van der Waals surface area contributed by atoms with Crippen LogP contribution in [0.2, 0.25) is 0 Å². The van der Waals surface area contributed by atoms with E-state index < -0.39 is 0 Å². The molecule has 4 heteroatoms. The van der Waals surface area contributed by atoms with Crippen LogP contribution in [-0.4, -0.2) is 19.9 Å². The smallest absolute Gasteiger partial charge is 0.107 e. The predicted molar refractivity (Wildman–Crippen MR) is 154 cm³/mol. The molecule has 0 saturated heterocycles. The zero-order valence-corrected chi connectivity index (χ0v) is 20.5. The third-order valence-corrected chi connectivity index (χ3v) is 6.85. The van der Waals surface area contributed by atoms with Crippen molar-refractivity contribution < 1.29 is 0 Å². The molecule has 0 spiro atoms. The number of hydrogen-bond donors (Lipinski definition) is 0. The maximum atomic E-state index is 5.08. The van der Waals surface area contributed by atoms with Crippen molar-refractivity contribution in [3.05, 3.63) is 134 Å². The van der Waals surface area contributed by atoms with Crippen LogP contribution in [0.25, 0.3) is 66.7 Å². The van der Waals surface area contributed by atoms with Crippen molar-refractivity contribution in [1.29, 1.82) is 0 Å². The van der Waals surface area contributed by atoms with E-state index in [2.05, 4.69) is 113 Å². The number of nitrogens with zero attached hydrogens (tertiary/aromatic N) is 4. The molecule has 7 aromatic rings. The van der Waals surface area contributed by atoms with Crippen molar-refractivity contribution in [2.45, 2.75) is 0 Å². The van der Waals surface area contributed by atoms with Crippen LogP contribution in [-0.2, 0) is 0 Å². The molecule has 0 saturated carbocycles. The van der Waals surface area contributed by atoms with Crippen molar-refractivity contribution in [2.24, 2.45) is 0 Å². The summed E-state index contributed by atoms with van der Waals surface area (Å²) in [4.78, 5) is 18.6. The second-order valence-corrected chi connectivity index (χ2v) is 9.18. The molecule has 0 aliphatic heterocycles. The fourth-order valence-electron chi connectivity index (χ4n) is 4.93. The van der Waals surface area contributed by atoms with Gasteiger partial charge in [0.2, 0.25) is 0 Å². The lowest BCUT2D eigenvalue weighted by molar-refractivity contribution is 1.19. The number of pyridine rings is 2. The van der Waals surface area contributed by atoms with Gasteiger partial charge >= 0.3 is 0 Å². The average Bonchev–Trinajstić information content (AvgIpc) is 3.01. The molecule has 38 heavy (non-hydrogen) atoms.